The van der Waals surface area contributed by atoms with E-state index in [0.717, 1.165) is 10.3 Å². The molecular weight excluding hydrogens is 364 g/mol. The third-order valence-electron chi connectivity index (χ3n) is 4.00. The molecule has 0 radical (unpaired) electrons. The Kier molecular flexibility index (Phi) is 5.81. The van der Waals surface area contributed by atoms with E-state index in [9.17, 15) is 9.59 Å². The zero-order chi connectivity index (χ0) is 19.4. The van der Waals surface area contributed by atoms with Crippen molar-refractivity contribution < 1.29 is 18.7 Å². The molecule has 2 amide bonds. The molecule has 1 unspecified atom stereocenters. The summed E-state index contributed by atoms with van der Waals surface area (Å²) in [5.74, 6) is 0.777. The van der Waals surface area contributed by atoms with Crippen LogP contribution in [-0.4, -0.2) is 25.0 Å². The van der Waals surface area contributed by atoms with Crippen LogP contribution in [0.25, 0.3) is 11.0 Å². The van der Waals surface area contributed by atoms with Gasteiger partial charge in [-0.1, -0.05) is 12.1 Å². The molecule has 0 aliphatic carbocycles. The second-order valence-electron chi connectivity index (χ2n) is 6.14. The molecular formula is C20H22N2O4S. The number of rotatable bonds is 7. The van der Waals surface area contributed by atoms with Crippen molar-refractivity contribution >= 4 is 34.1 Å². The second-order valence-corrected chi connectivity index (χ2v) is 7.43. The monoisotopic (exact) mass is 386 g/mol. The summed E-state index contributed by atoms with van der Waals surface area (Å²) >= 11 is 1.40. The van der Waals surface area contributed by atoms with E-state index >= 15 is 0 Å². The van der Waals surface area contributed by atoms with Crippen molar-refractivity contribution in [1.29, 1.82) is 0 Å². The Morgan fingerprint density at radius 2 is 2.07 bits per heavy atom. The number of hydrogen-bond acceptors (Lipinski definition) is 5. The van der Waals surface area contributed by atoms with Crippen LogP contribution in [0.4, 0.5) is 0 Å². The topological polar surface area (TPSA) is 80.6 Å². The Hall–Kier alpha value is -2.80. The molecule has 0 fully saturated rings. The fourth-order valence-electron chi connectivity index (χ4n) is 2.71. The van der Waals surface area contributed by atoms with E-state index in [1.807, 2.05) is 51.1 Å². The first kappa shape index (κ1) is 19.0. The van der Waals surface area contributed by atoms with E-state index in [2.05, 4.69) is 10.6 Å². The number of aryl methyl sites for hydroxylation is 1. The van der Waals surface area contributed by atoms with Gasteiger partial charge in [0.1, 0.15) is 5.76 Å². The predicted octanol–water partition coefficient (Wildman–Crippen LogP) is 3.81. The average molecular weight is 386 g/mol. The Morgan fingerprint density at radius 3 is 2.78 bits per heavy atom. The largest absolute Gasteiger partial charge is 0.490 e. The minimum absolute atomic E-state index is 0.0927. The van der Waals surface area contributed by atoms with Gasteiger partial charge in [-0.3, -0.25) is 9.59 Å². The maximum atomic E-state index is 12.2. The van der Waals surface area contributed by atoms with Gasteiger partial charge in [0.05, 0.1) is 24.1 Å². The third kappa shape index (κ3) is 4.49. The van der Waals surface area contributed by atoms with Gasteiger partial charge in [-0.05, 0) is 45.0 Å². The van der Waals surface area contributed by atoms with Crippen molar-refractivity contribution in [3.05, 3.63) is 51.9 Å². The summed E-state index contributed by atoms with van der Waals surface area (Å²) in [6, 6.07) is 10.9. The molecule has 2 N–H and O–H groups in total. The van der Waals surface area contributed by atoms with Crippen molar-refractivity contribution in [3.63, 3.8) is 0 Å². The Bertz CT molecular complexity index is 960. The molecule has 0 bridgehead atoms. The summed E-state index contributed by atoms with van der Waals surface area (Å²) in [5.41, 5.74) is 0.664. The standard InChI is InChI=1S/C20H22N2O4S/c1-4-25-15-7-5-6-14-10-16(26-19(14)15)13(3)22-18(23)11-21-20(24)17-9-8-12(2)27-17/h5-10,13H,4,11H2,1-3H3,(H,21,24)(H,22,23). The Morgan fingerprint density at radius 1 is 1.26 bits per heavy atom. The lowest BCUT2D eigenvalue weighted by Gasteiger charge is -2.11. The molecule has 0 aliphatic heterocycles. The molecule has 2 aromatic heterocycles. The molecule has 1 aromatic carbocycles. The number of thiophene rings is 1. The van der Waals surface area contributed by atoms with Crippen molar-refractivity contribution in [2.24, 2.45) is 0 Å². The van der Waals surface area contributed by atoms with E-state index < -0.39 is 0 Å². The number of furan rings is 1. The SMILES string of the molecule is CCOc1cccc2cc(C(C)NC(=O)CNC(=O)c3ccc(C)s3)oc12. The van der Waals surface area contributed by atoms with Crippen LogP contribution in [0.1, 0.15) is 40.2 Å². The van der Waals surface area contributed by atoms with Crippen LogP contribution >= 0.6 is 11.3 Å². The lowest BCUT2D eigenvalue weighted by atomic mass is 10.2. The summed E-state index contributed by atoms with van der Waals surface area (Å²) in [4.78, 5) is 25.8. The van der Waals surface area contributed by atoms with Gasteiger partial charge in [0.15, 0.2) is 11.3 Å². The molecule has 3 aromatic rings. The zero-order valence-electron chi connectivity index (χ0n) is 15.5. The van der Waals surface area contributed by atoms with Gasteiger partial charge in [0.2, 0.25) is 5.91 Å². The molecule has 6 nitrogen and oxygen atoms in total. The Labute approximate surface area is 161 Å². The summed E-state index contributed by atoms with van der Waals surface area (Å²) in [6.07, 6.45) is 0. The quantitative estimate of drug-likeness (QED) is 0.647. The highest BCUT2D eigenvalue weighted by molar-refractivity contribution is 7.13. The van der Waals surface area contributed by atoms with Crippen LogP contribution < -0.4 is 15.4 Å². The number of fused-ring (bicyclic) bond motifs is 1. The maximum Gasteiger partial charge on any atom is 0.261 e. The lowest BCUT2D eigenvalue weighted by molar-refractivity contribution is -0.120. The van der Waals surface area contributed by atoms with Crippen LogP contribution in [0, 0.1) is 6.92 Å². The summed E-state index contributed by atoms with van der Waals surface area (Å²) in [7, 11) is 0. The number of hydrogen-bond donors (Lipinski definition) is 2. The molecule has 0 aliphatic rings. The molecule has 7 heteroatoms. The van der Waals surface area contributed by atoms with Gasteiger partial charge in [-0.15, -0.1) is 11.3 Å². The van der Waals surface area contributed by atoms with E-state index in [1.54, 1.807) is 6.07 Å². The van der Waals surface area contributed by atoms with Crippen molar-refractivity contribution in [3.8, 4) is 5.75 Å². The first-order valence-corrected chi connectivity index (χ1v) is 9.59. The first-order valence-electron chi connectivity index (χ1n) is 8.77. The number of carbonyl (C=O) groups is 2. The average Bonchev–Trinajstić information content (AvgIpc) is 3.27. The van der Waals surface area contributed by atoms with Crippen LogP contribution in [0.2, 0.25) is 0 Å². The van der Waals surface area contributed by atoms with E-state index in [4.69, 9.17) is 9.15 Å². The highest BCUT2D eigenvalue weighted by Gasteiger charge is 2.17. The predicted molar refractivity (Wildman–Crippen MR) is 105 cm³/mol. The number of nitrogens with one attached hydrogen (secondary N) is 2. The van der Waals surface area contributed by atoms with E-state index in [1.165, 1.54) is 11.3 Å². The van der Waals surface area contributed by atoms with Gasteiger partial charge >= 0.3 is 0 Å². The van der Waals surface area contributed by atoms with Crippen molar-refractivity contribution in [1.82, 2.24) is 10.6 Å². The van der Waals surface area contributed by atoms with Gasteiger partial charge in [-0.2, -0.15) is 0 Å². The molecule has 0 spiro atoms. The highest BCUT2D eigenvalue weighted by Crippen LogP contribution is 2.31. The van der Waals surface area contributed by atoms with Gasteiger partial charge < -0.3 is 19.8 Å². The Balaban J connectivity index is 1.60. The van der Waals surface area contributed by atoms with Gasteiger partial charge in [0, 0.05) is 10.3 Å². The first-order chi connectivity index (χ1) is 13.0. The number of benzene rings is 1. The summed E-state index contributed by atoms with van der Waals surface area (Å²) < 4.78 is 11.5. The number of carbonyl (C=O) groups excluding carboxylic acids is 2. The lowest BCUT2D eigenvalue weighted by Crippen LogP contribution is -2.37. The van der Waals surface area contributed by atoms with Crippen molar-refractivity contribution in [2.45, 2.75) is 26.8 Å². The van der Waals surface area contributed by atoms with Crippen LogP contribution in [0.3, 0.4) is 0 Å². The number of amides is 2. The van der Waals surface area contributed by atoms with E-state index in [-0.39, 0.29) is 24.4 Å². The van der Waals surface area contributed by atoms with Crippen LogP contribution in [-0.2, 0) is 4.79 Å². The normalized spacial score (nSPS) is 12.0. The number of ether oxygens (including phenoxy) is 1. The smallest absolute Gasteiger partial charge is 0.261 e. The molecule has 0 saturated carbocycles. The molecule has 0 saturated heterocycles. The minimum Gasteiger partial charge on any atom is -0.490 e. The second kappa shape index (κ2) is 8.26. The van der Waals surface area contributed by atoms with E-state index in [0.29, 0.717) is 28.6 Å². The summed E-state index contributed by atoms with van der Waals surface area (Å²) in [6.45, 7) is 6.13. The van der Waals surface area contributed by atoms with Gasteiger partial charge in [0.25, 0.3) is 5.91 Å². The molecule has 1 atom stereocenters. The molecule has 2 heterocycles. The zero-order valence-corrected chi connectivity index (χ0v) is 16.3. The highest BCUT2D eigenvalue weighted by atomic mass is 32.1. The molecule has 142 valence electrons. The minimum atomic E-state index is -0.333. The van der Waals surface area contributed by atoms with Crippen LogP contribution in [0.5, 0.6) is 5.75 Å². The number of para-hydroxylation sites is 1. The summed E-state index contributed by atoms with van der Waals surface area (Å²) in [5, 5.41) is 6.38. The molecule has 27 heavy (non-hydrogen) atoms. The maximum absolute atomic E-state index is 12.2. The van der Waals surface area contributed by atoms with Gasteiger partial charge in [-0.25, -0.2) is 0 Å². The fourth-order valence-corrected chi connectivity index (χ4v) is 3.49. The fraction of sp³-hybridized carbons (Fsp3) is 0.300. The van der Waals surface area contributed by atoms with Crippen molar-refractivity contribution in [2.75, 3.05) is 13.2 Å². The molecule has 3 rings (SSSR count). The van der Waals surface area contributed by atoms with Crippen LogP contribution in [0.15, 0.2) is 40.8 Å². The third-order valence-corrected chi connectivity index (χ3v) is 5.00.